The van der Waals surface area contributed by atoms with Gasteiger partial charge in [-0.05, 0) is 74.3 Å². The van der Waals surface area contributed by atoms with Gasteiger partial charge in [0.05, 0.1) is 11.6 Å². The normalized spacial score (nSPS) is 19.8. The second kappa shape index (κ2) is 7.98. The van der Waals surface area contributed by atoms with Gasteiger partial charge in [0, 0.05) is 12.1 Å². The fourth-order valence-electron chi connectivity index (χ4n) is 3.64. The van der Waals surface area contributed by atoms with Crippen LogP contribution >= 0.6 is 0 Å². The number of nitriles is 1. The van der Waals surface area contributed by atoms with Crippen LogP contribution in [0.25, 0.3) is 0 Å². The molecule has 0 aliphatic heterocycles. The summed E-state index contributed by atoms with van der Waals surface area (Å²) in [5.41, 5.74) is 4.10. The van der Waals surface area contributed by atoms with E-state index in [0.29, 0.717) is 23.8 Å². The molecular weight excluding hydrogens is 308 g/mol. The molecule has 1 N–H and O–H groups in total. The van der Waals surface area contributed by atoms with Crippen LogP contribution in [0.15, 0.2) is 48.5 Å². The quantitative estimate of drug-likeness (QED) is 0.840. The summed E-state index contributed by atoms with van der Waals surface area (Å²) in [6.07, 6.45) is 5.13. The van der Waals surface area contributed by atoms with Gasteiger partial charge in [0.15, 0.2) is 0 Å². The molecule has 1 saturated carbocycles. The molecule has 25 heavy (non-hydrogen) atoms. The molecule has 1 amide bonds. The van der Waals surface area contributed by atoms with Gasteiger partial charge in [-0.1, -0.05) is 29.8 Å². The number of carbonyl (C=O) groups excluding carboxylic acids is 1. The van der Waals surface area contributed by atoms with Gasteiger partial charge < -0.3 is 5.32 Å². The fourth-order valence-corrected chi connectivity index (χ4v) is 3.64. The van der Waals surface area contributed by atoms with Crippen molar-refractivity contribution < 1.29 is 4.79 Å². The number of nitrogens with zero attached hydrogens (tertiary/aromatic N) is 1. The zero-order valence-electron chi connectivity index (χ0n) is 14.7. The molecule has 2 aromatic carbocycles. The molecular formula is C22H24N2O. The molecule has 0 saturated heterocycles. The van der Waals surface area contributed by atoms with E-state index in [4.69, 9.17) is 5.26 Å². The van der Waals surface area contributed by atoms with Crippen molar-refractivity contribution in [2.45, 2.75) is 44.9 Å². The van der Waals surface area contributed by atoms with E-state index in [1.807, 2.05) is 0 Å². The summed E-state index contributed by atoms with van der Waals surface area (Å²) in [7, 11) is 0. The lowest BCUT2D eigenvalue weighted by Crippen LogP contribution is -2.20. The molecule has 3 heteroatoms. The Morgan fingerprint density at radius 2 is 1.68 bits per heavy atom. The SMILES string of the molecule is Cc1ccc([C@H]2CC[C@@H](CC(=O)Nc3ccc(C#N)cc3)CC2)cc1. The summed E-state index contributed by atoms with van der Waals surface area (Å²) in [5, 5.41) is 11.7. The van der Waals surface area contributed by atoms with Crippen molar-refractivity contribution in [3.63, 3.8) is 0 Å². The van der Waals surface area contributed by atoms with Crippen LogP contribution in [0.3, 0.4) is 0 Å². The van der Waals surface area contributed by atoms with E-state index in [9.17, 15) is 4.79 Å². The van der Waals surface area contributed by atoms with Gasteiger partial charge in [0.1, 0.15) is 0 Å². The minimum Gasteiger partial charge on any atom is -0.326 e. The number of rotatable bonds is 4. The summed E-state index contributed by atoms with van der Waals surface area (Å²) < 4.78 is 0. The molecule has 0 radical (unpaired) electrons. The predicted octanol–water partition coefficient (Wildman–Crippen LogP) is 5.17. The molecule has 1 fully saturated rings. The summed E-state index contributed by atoms with van der Waals surface area (Å²) in [4.78, 5) is 12.2. The van der Waals surface area contributed by atoms with Gasteiger partial charge in [0.2, 0.25) is 5.91 Å². The molecule has 3 nitrogen and oxygen atoms in total. The van der Waals surface area contributed by atoms with Crippen LogP contribution in [-0.4, -0.2) is 5.91 Å². The Bertz CT molecular complexity index is 748. The highest BCUT2D eigenvalue weighted by atomic mass is 16.1. The Morgan fingerprint density at radius 1 is 1.04 bits per heavy atom. The molecule has 0 bridgehead atoms. The Kier molecular flexibility index (Phi) is 5.50. The lowest BCUT2D eigenvalue weighted by molar-refractivity contribution is -0.117. The third-order valence-electron chi connectivity index (χ3n) is 5.17. The van der Waals surface area contributed by atoms with E-state index in [0.717, 1.165) is 31.4 Å². The number of hydrogen-bond donors (Lipinski definition) is 1. The highest BCUT2D eigenvalue weighted by Gasteiger charge is 2.24. The Hall–Kier alpha value is -2.60. The van der Waals surface area contributed by atoms with Gasteiger partial charge in [-0.2, -0.15) is 5.26 Å². The van der Waals surface area contributed by atoms with Crippen LogP contribution in [-0.2, 0) is 4.79 Å². The first-order chi connectivity index (χ1) is 12.1. The lowest BCUT2D eigenvalue weighted by Gasteiger charge is -2.28. The van der Waals surface area contributed by atoms with Crippen LogP contribution in [0.5, 0.6) is 0 Å². The molecule has 128 valence electrons. The predicted molar refractivity (Wildman–Crippen MR) is 100 cm³/mol. The smallest absolute Gasteiger partial charge is 0.224 e. The molecule has 0 unspecified atom stereocenters. The third-order valence-corrected chi connectivity index (χ3v) is 5.17. The standard InChI is InChI=1S/C22H24N2O/c1-16-2-8-19(9-3-16)20-10-4-17(5-11-20)14-22(25)24-21-12-6-18(15-23)7-13-21/h2-3,6-9,12-13,17,20H,4-5,10-11,14H2,1H3,(H,24,25)/t17-,20+. The minimum atomic E-state index is 0.0727. The van der Waals surface area contributed by atoms with Crippen molar-refractivity contribution in [2.75, 3.05) is 5.32 Å². The van der Waals surface area contributed by atoms with Crippen LogP contribution in [0.4, 0.5) is 5.69 Å². The van der Waals surface area contributed by atoms with E-state index in [1.54, 1.807) is 24.3 Å². The topological polar surface area (TPSA) is 52.9 Å². The maximum Gasteiger partial charge on any atom is 0.224 e. The second-order valence-corrected chi connectivity index (χ2v) is 7.07. The van der Waals surface area contributed by atoms with Gasteiger partial charge in [0.25, 0.3) is 0 Å². The Morgan fingerprint density at radius 3 is 2.28 bits per heavy atom. The van der Waals surface area contributed by atoms with Crippen LogP contribution in [0.2, 0.25) is 0 Å². The largest absolute Gasteiger partial charge is 0.326 e. The molecule has 1 aliphatic carbocycles. The first-order valence-electron chi connectivity index (χ1n) is 9.00. The molecule has 0 heterocycles. The van der Waals surface area contributed by atoms with Gasteiger partial charge >= 0.3 is 0 Å². The van der Waals surface area contributed by atoms with Crippen molar-refractivity contribution in [3.8, 4) is 6.07 Å². The number of benzene rings is 2. The van der Waals surface area contributed by atoms with E-state index in [1.165, 1.54) is 11.1 Å². The highest BCUT2D eigenvalue weighted by molar-refractivity contribution is 5.90. The molecule has 0 atom stereocenters. The minimum absolute atomic E-state index is 0.0727. The number of aryl methyl sites for hydroxylation is 1. The van der Waals surface area contributed by atoms with Gasteiger partial charge in [-0.25, -0.2) is 0 Å². The Balaban J connectivity index is 1.47. The van der Waals surface area contributed by atoms with Gasteiger partial charge in [-0.15, -0.1) is 0 Å². The maximum absolute atomic E-state index is 12.2. The van der Waals surface area contributed by atoms with Crippen molar-refractivity contribution in [1.82, 2.24) is 0 Å². The molecule has 0 aromatic heterocycles. The third kappa shape index (κ3) is 4.70. The van der Waals surface area contributed by atoms with Crippen molar-refractivity contribution >= 4 is 11.6 Å². The van der Waals surface area contributed by atoms with Gasteiger partial charge in [-0.3, -0.25) is 4.79 Å². The average Bonchev–Trinajstić information content (AvgIpc) is 2.64. The van der Waals surface area contributed by atoms with Crippen LogP contribution < -0.4 is 5.32 Å². The van der Waals surface area contributed by atoms with E-state index >= 15 is 0 Å². The zero-order valence-corrected chi connectivity index (χ0v) is 14.7. The number of carbonyl (C=O) groups is 1. The molecule has 3 rings (SSSR count). The lowest BCUT2D eigenvalue weighted by atomic mass is 9.77. The summed E-state index contributed by atoms with van der Waals surface area (Å²) in [6, 6.07) is 18.0. The monoisotopic (exact) mass is 332 g/mol. The number of anilines is 1. The molecule has 0 spiro atoms. The summed E-state index contributed by atoms with van der Waals surface area (Å²) in [5.74, 6) is 1.18. The van der Waals surface area contributed by atoms with Crippen LogP contribution in [0, 0.1) is 24.2 Å². The van der Waals surface area contributed by atoms with E-state index in [2.05, 4.69) is 42.6 Å². The average molecular weight is 332 g/mol. The first-order valence-corrected chi connectivity index (χ1v) is 9.00. The van der Waals surface area contributed by atoms with E-state index in [-0.39, 0.29) is 5.91 Å². The number of hydrogen-bond acceptors (Lipinski definition) is 2. The summed E-state index contributed by atoms with van der Waals surface area (Å²) in [6.45, 7) is 2.12. The second-order valence-electron chi connectivity index (χ2n) is 7.07. The van der Waals surface area contributed by atoms with Crippen molar-refractivity contribution in [1.29, 1.82) is 5.26 Å². The molecule has 2 aromatic rings. The van der Waals surface area contributed by atoms with E-state index < -0.39 is 0 Å². The number of nitrogens with one attached hydrogen (secondary N) is 1. The fraction of sp³-hybridized carbons (Fsp3) is 0.364. The van der Waals surface area contributed by atoms with Crippen LogP contribution in [0.1, 0.15) is 54.7 Å². The summed E-state index contributed by atoms with van der Waals surface area (Å²) >= 11 is 0. The molecule has 1 aliphatic rings. The van der Waals surface area contributed by atoms with Crippen molar-refractivity contribution in [2.24, 2.45) is 5.92 Å². The zero-order chi connectivity index (χ0) is 17.6. The Labute approximate surface area is 149 Å². The first kappa shape index (κ1) is 17.2. The van der Waals surface area contributed by atoms with Crippen molar-refractivity contribution in [3.05, 3.63) is 65.2 Å². The highest BCUT2D eigenvalue weighted by Crippen LogP contribution is 2.37. The number of amides is 1. The maximum atomic E-state index is 12.2.